The first-order chi connectivity index (χ1) is 10.1. The third-order valence-electron chi connectivity index (χ3n) is 3.78. The van der Waals surface area contributed by atoms with Crippen molar-refractivity contribution in [1.29, 1.82) is 0 Å². The van der Waals surface area contributed by atoms with Crippen molar-refractivity contribution in [2.75, 3.05) is 37.3 Å². The molecule has 1 amide bonds. The molecule has 0 spiro atoms. The van der Waals surface area contributed by atoms with Crippen molar-refractivity contribution >= 4 is 28.9 Å². The molecular formula is C15H22ClN3O2. The van der Waals surface area contributed by atoms with E-state index in [-0.39, 0.29) is 12.5 Å². The summed E-state index contributed by atoms with van der Waals surface area (Å²) in [4.78, 5) is 14.2. The van der Waals surface area contributed by atoms with Crippen LogP contribution in [0.25, 0.3) is 0 Å². The molecule has 0 saturated carbocycles. The molecule has 6 heteroatoms. The minimum Gasteiger partial charge on any atom is -0.399 e. The van der Waals surface area contributed by atoms with Crippen LogP contribution in [0.5, 0.6) is 0 Å². The quantitative estimate of drug-likeness (QED) is 0.726. The number of benzene rings is 1. The fourth-order valence-electron chi connectivity index (χ4n) is 2.61. The molecule has 1 saturated heterocycles. The Labute approximate surface area is 130 Å². The van der Waals surface area contributed by atoms with Gasteiger partial charge in [-0.15, -0.1) is 0 Å². The van der Waals surface area contributed by atoms with Gasteiger partial charge in [0.25, 0.3) is 0 Å². The number of rotatable bonds is 5. The van der Waals surface area contributed by atoms with Gasteiger partial charge in [-0.05, 0) is 43.5 Å². The number of likely N-dealkylation sites (tertiary alicyclic amines) is 1. The third-order valence-corrected chi connectivity index (χ3v) is 4.10. The van der Waals surface area contributed by atoms with Crippen molar-refractivity contribution in [1.82, 2.24) is 4.90 Å². The number of carbonyl (C=O) groups excluding carboxylic acids is 1. The number of nitrogens with zero attached hydrogens (tertiary/aromatic N) is 1. The Morgan fingerprint density at radius 1 is 1.52 bits per heavy atom. The van der Waals surface area contributed by atoms with Crippen LogP contribution >= 0.6 is 11.6 Å². The number of halogens is 1. The second kappa shape index (κ2) is 7.64. The van der Waals surface area contributed by atoms with Crippen LogP contribution in [0.1, 0.15) is 19.3 Å². The average Bonchev–Trinajstić information content (AvgIpc) is 2.48. The molecule has 0 aliphatic carbocycles. The Morgan fingerprint density at radius 3 is 3.05 bits per heavy atom. The maximum absolute atomic E-state index is 12.0. The summed E-state index contributed by atoms with van der Waals surface area (Å²) in [6.07, 6.45) is 2.57. The van der Waals surface area contributed by atoms with Gasteiger partial charge in [0, 0.05) is 31.8 Å². The molecule has 5 nitrogen and oxygen atoms in total. The second-order valence-corrected chi connectivity index (χ2v) is 5.94. The van der Waals surface area contributed by atoms with Crippen LogP contribution in [-0.2, 0) is 4.79 Å². The van der Waals surface area contributed by atoms with Crippen LogP contribution in [0, 0.1) is 5.92 Å². The second-order valence-electron chi connectivity index (χ2n) is 5.53. The van der Waals surface area contributed by atoms with E-state index in [9.17, 15) is 9.90 Å². The molecule has 1 aliphatic rings. The molecule has 1 heterocycles. The van der Waals surface area contributed by atoms with E-state index < -0.39 is 0 Å². The molecule has 116 valence electrons. The summed E-state index contributed by atoms with van der Waals surface area (Å²) in [7, 11) is 0. The number of carbonyl (C=O) groups is 1. The fraction of sp³-hybridized carbons (Fsp3) is 0.533. The molecular weight excluding hydrogens is 290 g/mol. The zero-order valence-corrected chi connectivity index (χ0v) is 12.8. The number of nitrogens with one attached hydrogen (secondary N) is 1. The summed E-state index contributed by atoms with van der Waals surface area (Å²) in [6.45, 7) is 2.79. The van der Waals surface area contributed by atoms with E-state index in [2.05, 4.69) is 10.2 Å². The minimum atomic E-state index is -0.0622. The lowest BCUT2D eigenvalue weighted by molar-refractivity contribution is -0.116. The highest BCUT2D eigenvalue weighted by Crippen LogP contribution is 2.24. The zero-order valence-electron chi connectivity index (χ0n) is 12.0. The van der Waals surface area contributed by atoms with Crippen molar-refractivity contribution in [3.63, 3.8) is 0 Å². The molecule has 1 aromatic rings. The summed E-state index contributed by atoms with van der Waals surface area (Å²) in [5.74, 6) is 0.279. The maximum atomic E-state index is 12.0. The smallest absolute Gasteiger partial charge is 0.225 e. The number of amides is 1. The average molecular weight is 312 g/mol. The number of nitrogen functional groups attached to an aromatic ring is 1. The van der Waals surface area contributed by atoms with E-state index in [1.165, 1.54) is 0 Å². The van der Waals surface area contributed by atoms with E-state index >= 15 is 0 Å². The summed E-state index contributed by atoms with van der Waals surface area (Å²) >= 11 is 6.03. The van der Waals surface area contributed by atoms with Gasteiger partial charge in [0.05, 0.1) is 10.7 Å². The third kappa shape index (κ3) is 4.88. The number of piperidine rings is 1. The Morgan fingerprint density at radius 2 is 2.33 bits per heavy atom. The molecule has 2 rings (SSSR count). The van der Waals surface area contributed by atoms with Crippen molar-refractivity contribution in [3.8, 4) is 0 Å². The molecule has 1 atom stereocenters. The van der Waals surface area contributed by atoms with Crippen LogP contribution in [0.3, 0.4) is 0 Å². The summed E-state index contributed by atoms with van der Waals surface area (Å²) in [5.41, 5.74) is 6.77. The highest BCUT2D eigenvalue weighted by molar-refractivity contribution is 6.34. The molecule has 1 aliphatic heterocycles. The summed E-state index contributed by atoms with van der Waals surface area (Å²) in [5, 5.41) is 12.4. The number of aliphatic hydroxyl groups is 1. The topological polar surface area (TPSA) is 78.6 Å². The van der Waals surface area contributed by atoms with Crippen LogP contribution in [0.15, 0.2) is 18.2 Å². The zero-order chi connectivity index (χ0) is 15.2. The lowest BCUT2D eigenvalue weighted by atomic mass is 9.99. The van der Waals surface area contributed by atoms with E-state index in [0.29, 0.717) is 35.3 Å². The Hall–Kier alpha value is -1.30. The molecule has 0 radical (unpaired) electrons. The Kier molecular flexibility index (Phi) is 5.85. The van der Waals surface area contributed by atoms with Gasteiger partial charge in [-0.2, -0.15) is 0 Å². The molecule has 1 aromatic carbocycles. The van der Waals surface area contributed by atoms with E-state index in [4.69, 9.17) is 17.3 Å². The predicted molar refractivity (Wildman–Crippen MR) is 85.4 cm³/mol. The number of nitrogens with two attached hydrogens (primary N) is 1. The highest BCUT2D eigenvalue weighted by Gasteiger charge is 2.19. The lowest BCUT2D eigenvalue weighted by Crippen LogP contribution is -2.38. The standard InChI is InChI=1S/C15H22ClN3O2/c16-13-8-12(17)3-4-14(13)18-15(21)5-7-19-6-1-2-11(9-19)10-20/h3-4,8,11,20H,1-2,5-7,9-10,17H2,(H,18,21). The van der Waals surface area contributed by atoms with Crippen molar-refractivity contribution in [2.45, 2.75) is 19.3 Å². The fourth-order valence-corrected chi connectivity index (χ4v) is 2.84. The van der Waals surface area contributed by atoms with E-state index in [0.717, 1.165) is 25.9 Å². The normalized spacial score (nSPS) is 19.4. The number of anilines is 2. The molecule has 0 aromatic heterocycles. The number of hydrogen-bond acceptors (Lipinski definition) is 4. The molecule has 0 bridgehead atoms. The van der Waals surface area contributed by atoms with E-state index in [1.54, 1.807) is 18.2 Å². The monoisotopic (exact) mass is 311 g/mol. The van der Waals surface area contributed by atoms with Crippen molar-refractivity contribution in [3.05, 3.63) is 23.2 Å². The van der Waals surface area contributed by atoms with Gasteiger partial charge in [0.1, 0.15) is 0 Å². The SMILES string of the molecule is Nc1ccc(NC(=O)CCN2CCCC(CO)C2)c(Cl)c1. The maximum Gasteiger partial charge on any atom is 0.225 e. The van der Waals surface area contributed by atoms with Crippen molar-refractivity contribution < 1.29 is 9.90 Å². The Bertz CT molecular complexity index is 496. The van der Waals surface area contributed by atoms with Crippen LogP contribution < -0.4 is 11.1 Å². The first-order valence-electron chi connectivity index (χ1n) is 7.26. The molecule has 1 unspecified atom stereocenters. The first-order valence-corrected chi connectivity index (χ1v) is 7.64. The first kappa shape index (κ1) is 16.1. The van der Waals surface area contributed by atoms with Gasteiger partial charge in [-0.3, -0.25) is 4.79 Å². The van der Waals surface area contributed by atoms with Gasteiger partial charge in [0.2, 0.25) is 5.91 Å². The molecule has 21 heavy (non-hydrogen) atoms. The number of hydrogen-bond donors (Lipinski definition) is 3. The lowest BCUT2D eigenvalue weighted by Gasteiger charge is -2.31. The van der Waals surface area contributed by atoms with Gasteiger partial charge < -0.3 is 21.1 Å². The van der Waals surface area contributed by atoms with Gasteiger partial charge >= 0.3 is 0 Å². The van der Waals surface area contributed by atoms with Gasteiger partial charge in [-0.25, -0.2) is 0 Å². The summed E-state index contributed by atoms with van der Waals surface area (Å²) < 4.78 is 0. The summed E-state index contributed by atoms with van der Waals surface area (Å²) in [6, 6.07) is 5.03. The van der Waals surface area contributed by atoms with Crippen molar-refractivity contribution in [2.24, 2.45) is 5.92 Å². The van der Waals surface area contributed by atoms with Gasteiger partial charge in [-0.1, -0.05) is 11.6 Å². The molecule has 4 N–H and O–H groups in total. The molecule has 1 fully saturated rings. The largest absolute Gasteiger partial charge is 0.399 e. The Balaban J connectivity index is 1.79. The minimum absolute atomic E-state index is 0.0622. The number of aliphatic hydroxyl groups excluding tert-OH is 1. The predicted octanol–water partition coefficient (Wildman–Crippen LogP) is 1.96. The van der Waals surface area contributed by atoms with Gasteiger partial charge in [0.15, 0.2) is 0 Å². The van der Waals surface area contributed by atoms with E-state index in [1.807, 2.05) is 0 Å². The van der Waals surface area contributed by atoms with Crippen LogP contribution in [0.4, 0.5) is 11.4 Å². The van der Waals surface area contributed by atoms with Crippen LogP contribution in [-0.4, -0.2) is 42.2 Å². The van der Waals surface area contributed by atoms with Crippen LogP contribution in [0.2, 0.25) is 5.02 Å². The highest BCUT2D eigenvalue weighted by atomic mass is 35.5.